The summed E-state index contributed by atoms with van der Waals surface area (Å²) < 4.78 is 6.20. The van der Waals surface area contributed by atoms with Gasteiger partial charge in [0.05, 0.1) is 13.7 Å². The first-order chi connectivity index (χ1) is 6.74. The summed E-state index contributed by atoms with van der Waals surface area (Å²) in [6, 6.07) is 5.68. The van der Waals surface area contributed by atoms with Crippen LogP contribution in [0.5, 0.6) is 5.06 Å². The molecule has 0 aliphatic carbocycles. The lowest BCUT2D eigenvalue weighted by atomic mass is 10.2. The molecular weight excluding hydrogens is 220 g/mol. The summed E-state index contributed by atoms with van der Waals surface area (Å²) in [5.74, 6) is 0. The number of fused-ring (bicyclic) bond motifs is 1. The van der Waals surface area contributed by atoms with Crippen LogP contribution in [-0.4, -0.2) is 12.2 Å². The average molecular weight is 229 g/mol. The molecule has 1 N–H and O–H groups in total. The molecule has 0 spiro atoms. The lowest BCUT2D eigenvalue weighted by Crippen LogP contribution is -1.82. The van der Waals surface area contributed by atoms with Crippen LogP contribution < -0.4 is 4.74 Å². The number of aliphatic hydroxyl groups excluding tert-OH is 1. The third-order valence-electron chi connectivity index (χ3n) is 2.03. The third kappa shape index (κ3) is 1.59. The molecule has 0 amide bonds. The van der Waals surface area contributed by atoms with Gasteiger partial charge in [-0.05, 0) is 29.1 Å². The van der Waals surface area contributed by atoms with E-state index >= 15 is 0 Å². The third-order valence-corrected chi connectivity index (χ3v) is 3.45. The SMILES string of the molecule is COc1cc2cc(Cl)c(CO)cc2s1. The number of hydrogen-bond acceptors (Lipinski definition) is 3. The van der Waals surface area contributed by atoms with Crippen molar-refractivity contribution in [1.29, 1.82) is 0 Å². The fraction of sp³-hybridized carbons (Fsp3) is 0.200. The standard InChI is InChI=1S/C10H9ClO2S/c1-13-10-4-6-2-8(11)7(5-12)3-9(6)14-10/h2-4,12H,5H2,1H3. The quantitative estimate of drug-likeness (QED) is 0.856. The van der Waals surface area contributed by atoms with Crippen molar-refractivity contribution >= 4 is 33.0 Å². The zero-order valence-corrected chi connectivity index (χ0v) is 9.15. The van der Waals surface area contributed by atoms with Crippen LogP contribution >= 0.6 is 22.9 Å². The van der Waals surface area contributed by atoms with Gasteiger partial charge in [0.1, 0.15) is 0 Å². The number of rotatable bonds is 2. The summed E-state index contributed by atoms with van der Waals surface area (Å²) >= 11 is 7.50. The molecule has 74 valence electrons. The number of halogens is 1. The van der Waals surface area contributed by atoms with Crippen molar-refractivity contribution in [2.45, 2.75) is 6.61 Å². The van der Waals surface area contributed by atoms with Crippen molar-refractivity contribution in [3.8, 4) is 5.06 Å². The van der Waals surface area contributed by atoms with Crippen LogP contribution in [0.1, 0.15) is 5.56 Å². The Hall–Kier alpha value is -0.770. The first-order valence-corrected chi connectivity index (χ1v) is 5.31. The molecule has 0 fully saturated rings. The average Bonchev–Trinajstić information content (AvgIpc) is 2.58. The van der Waals surface area contributed by atoms with Gasteiger partial charge in [-0.2, -0.15) is 0 Å². The van der Waals surface area contributed by atoms with E-state index in [0.29, 0.717) is 5.02 Å². The van der Waals surface area contributed by atoms with Crippen molar-refractivity contribution in [2.75, 3.05) is 7.11 Å². The molecule has 0 unspecified atom stereocenters. The van der Waals surface area contributed by atoms with Crippen molar-refractivity contribution in [1.82, 2.24) is 0 Å². The van der Waals surface area contributed by atoms with Gasteiger partial charge in [-0.25, -0.2) is 0 Å². The van der Waals surface area contributed by atoms with Gasteiger partial charge in [-0.1, -0.05) is 22.9 Å². The van der Waals surface area contributed by atoms with E-state index in [1.54, 1.807) is 18.4 Å². The Labute approximate surface area is 90.7 Å². The number of methoxy groups -OCH3 is 1. The molecule has 0 atom stereocenters. The normalized spacial score (nSPS) is 10.8. The molecule has 1 aromatic carbocycles. The maximum absolute atomic E-state index is 9.03. The zero-order chi connectivity index (χ0) is 10.1. The van der Waals surface area contributed by atoms with E-state index in [0.717, 1.165) is 20.7 Å². The van der Waals surface area contributed by atoms with E-state index in [1.165, 1.54) is 0 Å². The molecule has 0 radical (unpaired) electrons. The van der Waals surface area contributed by atoms with Crippen molar-refractivity contribution in [2.24, 2.45) is 0 Å². The van der Waals surface area contributed by atoms with Crippen LogP contribution in [0.25, 0.3) is 10.1 Å². The van der Waals surface area contributed by atoms with Crippen LogP contribution in [0.2, 0.25) is 5.02 Å². The Balaban J connectivity index is 2.64. The van der Waals surface area contributed by atoms with E-state index in [-0.39, 0.29) is 6.61 Å². The molecule has 0 bridgehead atoms. The highest BCUT2D eigenvalue weighted by Crippen LogP contribution is 2.34. The lowest BCUT2D eigenvalue weighted by Gasteiger charge is -1.99. The first-order valence-electron chi connectivity index (χ1n) is 4.11. The molecule has 2 aromatic rings. The molecule has 1 heterocycles. The van der Waals surface area contributed by atoms with Gasteiger partial charge in [-0.3, -0.25) is 0 Å². The number of aliphatic hydroxyl groups is 1. The summed E-state index contributed by atoms with van der Waals surface area (Å²) in [4.78, 5) is 0. The zero-order valence-electron chi connectivity index (χ0n) is 7.58. The van der Waals surface area contributed by atoms with Crippen molar-refractivity contribution in [3.63, 3.8) is 0 Å². The van der Waals surface area contributed by atoms with Gasteiger partial charge in [0.2, 0.25) is 0 Å². The highest BCUT2D eigenvalue weighted by molar-refractivity contribution is 7.20. The topological polar surface area (TPSA) is 29.5 Å². The molecule has 0 aliphatic rings. The second-order valence-corrected chi connectivity index (χ2v) is 4.36. The van der Waals surface area contributed by atoms with E-state index < -0.39 is 0 Å². The van der Waals surface area contributed by atoms with Gasteiger partial charge < -0.3 is 9.84 Å². The minimum Gasteiger partial charge on any atom is -0.487 e. The molecule has 2 rings (SSSR count). The molecular formula is C10H9ClO2S. The lowest BCUT2D eigenvalue weighted by molar-refractivity contribution is 0.282. The number of ether oxygens (including phenoxy) is 1. The van der Waals surface area contributed by atoms with Crippen molar-refractivity contribution in [3.05, 3.63) is 28.8 Å². The van der Waals surface area contributed by atoms with E-state index in [1.807, 2.05) is 18.2 Å². The summed E-state index contributed by atoms with van der Waals surface area (Å²) in [6.07, 6.45) is 0. The summed E-state index contributed by atoms with van der Waals surface area (Å²) in [5.41, 5.74) is 0.753. The Morgan fingerprint density at radius 3 is 2.86 bits per heavy atom. The van der Waals surface area contributed by atoms with Gasteiger partial charge in [0.15, 0.2) is 5.06 Å². The summed E-state index contributed by atoms with van der Waals surface area (Å²) in [7, 11) is 1.64. The van der Waals surface area contributed by atoms with Crippen LogP contribution in [-0.2, 0) is 6.61 Å². The van der Waals surface area contributed by atoms with Crippen LogP contribution in [0.15, 0.2) is 18.2 Å². The Morgan fingerprint density at radius 2 is 2.21 bits per heavy atom. The number of benzene rings is 1. The van der Waals surface area contributed by atoms with E-state index in [9.17, 15) is 0 Å². The van der Waals surface area contributed by atoms with Crippen molar-refractivity contribution < 1.29 is 9.84 Å². The maximum Gasteiger partial charge on any atom is 0.174 e. The van der Waals surface area contributed by atoms with Gasteiger partial charge in [-0.15, -0.1) is 0 Å². The monoisotopic (exact) mass is 228 g/mol. The van der Waals surface area contributed by atoms with Crippen LogP contribution in [0.4, 0.5) is 0 Å². The molecule has 0 aliphatic heterocycles. The predicted octanol–water partition coefficient (Wildman–Crippen LogP) is 3.06. The molecule has 0 saturated carbocycles. The Kier molecular flexibility index (Phi) is 2.63. The molecule has 2 nitrogen and oxygen atoms in total. The molecule has 14 heavy (non-hydrogen) atoms. The van der Waals surface area contributed by atoms with E-state index in [2.05, 4.69) is 0 Å². The van der Waals surface area contributed by atoms with Gasteiger partial charge in [0.25, 0.3) is 0 Å². The van der Waals surface area contributed by atoms with Gasteiger partial charge in [0, 0.05) is 9.72 Å². The Bertz CT molecular complexity index is 464. The van der Waals surface area contributed by atoms with Crippen LogP contribution in [0, 0.1) is 0 Å². The Morgan fingerprint density at radius 1 is 1.43 bits per heavy atom. The van der Waals surface area contributed by atoms with E-state index in [4.69, 9.17) is 21.4 Å². The number of hydrogen-bond donors (Lipinski definition) is 1. The summed E-state index contributed by atoms with van der Waals surface area (Å²) in [6.45, 7) is -0.0327. The highest BCUT2D eigenvalue weighted by atomic mass is 35.5. The number of thiophene rings is 1. The summed E-state index contributed by atoms with van der Waals surface area (Å²) in [5, 5.41) is 11.5. The fourth-order valence-electron chi connectivity index (χ4n) is 1.30. The molecule has 0 saturated heterocycles. The fourth-order valence-corrected chi connectivity index (χ4v) is 2.45. The molecule has 1 aromatic heterocycles. The second-order valence-electron chi connectivity index (χ2n) is 2.91. The van der Waals surface area contributed by atoms with Crippen LogP contribution in [0.3, 0.4) is 0 Å². The predicted molar refractivity (Wildman–Crippen MR) is 59.3 cm³/mol. The van der Waals surface area contributed by atoms with Gasteiger partial charge >= 0.3 is 0 Å². The minimum absolute atomic E-state index is 0.0327. The smallest absolute Gasteiger partial charge is 0.174 e. The first kappa shape index (κ1) is 9.77. The largest absolute Gasteiger partial charge is 0.487 e. The second kappa shape index (κ2) is 3.77. The minimum atomic E-state index is -0.0327. The maximum atomic E-state index is 9.03. The molecule has 4 heteroatoms. The highest BCUT2D eigenvalue weighted by Gasteiger charge is 2.06.